The van der Waals surface area contributed by atoms with Crippen molar-refractivity contribution in [3.8, 4) is 0 Å². The molecule has 0 aromatic heterocycles. The Bertz CT molecular complexity index is 118. The predicted octanol–water partition coefficient (Wildman–Crippen LogP) is 1.12. The van der Waals surface area contributed by atoms with Crippen molar-refractivity contribution in [1.82, 2.24) is 14.5 Å². The average Bonchev–Trinajstić information content (AvgIpc) is 2.18. The molecule has 3 nitrogen and oxygen atoms in total. The minimum Gasteiger partial charge on any atom is -0.316 e. The maximum Gasteiger partial charge on any atom is 0.283 e. The van der Waals surface area contributed by atoms with Crippen molar-refractivity contribution in [2.24, 2.45) is 0 Å². The van der Waals surface area contributed by atoms with Gasteiger partial charge in [-0.3, -0.25) is 0 Å². The largest absolute Gasteiger partial charge is 0.316 e. The molecule has 0 aliphatic carbocycles. The van der Waals surface area contributed by atoms with Crippen molar-refractivity contribution >= 4 is 8.56 Å². The minimum absolute atomic E-state index is 1.19. The van der Waals surface area contributed by atoms with Crippen molar-refractivity contribution in [3.05, 3.63) is 0 Å². The summed E-state index contributed by atoms with van der Waals surface area (Å²) in [6.07, 6.45) is 2.56. The van der Waals surface area contributed by atoms with E-state index in [4.69, 9.17) is 0 Å². The van der Waals surface area contributed by atoms with Gasteiger partial charge in [-0.15, -0.1) is 0 Å². The molecule has 0 saturated carbocycles. The maximum atomic E-state index is 3.48. The molecule has 0 saturated heterocycles. The Morgan fingerprint density at radius 2 is 1.69 bits per heavy atom. The highest BCUT2D eigenvalue weighted by Crippen LogP contribution is 2.06. The molecular weight excluding hydrogens is 178 g/mol. The number of unbranched alkanes of at least 4 members (excludes halogenated alkanes) is 1. The molecule has 0 heterocycles. The second kappa shape index (κ2) is 6.54. The van der Waals surface area contributed by atoms with Crippen LogP contribution in [0, 0.1) is 0 Å². The maximum absolute atomic E-state index is 3.48. The Balaban J connectivity index is 4.17. The molecule has 2 N–H and O–H groups in total. The number of rotatable bonds is 7. The zero-order valence-corrected chi connectivity index (χ0v) is 10.8. The Hall–Kier alpha value is 0.0969. The van der Waals surface area contributed by atoms with Crippen molar-refractivity contribution in [2.45, 2.75) is 32.7 Å². The first-order valence-electron chi connectivity index (χ1n) is 5.25. The van der Waals surface area contributed by atoms with E-state index in [2.05, 4.69) is 49.5 Å². The van der Waals surface area contributed by atoms with E-state index in [0.29, 0.717) is 0 Å². The van der Waals surface area contributed by atoms with Crippen LogP contribution < -0.4 is 9.96 Å². The fraction of sp³-hybridized carbons (Fsp3) is 1.00. The van der Waals surface area contributed by atoms with Crippen LogP contribution in [0.5, 0.6) is 0 Å². The topological polar surface area (TPSA) is 27.3 Å². The highest BCUT2D eigenvalue weighted by atomic mass is 28.4. The summed E-state index contributed by atoms with van der Waals surface area (Å²) in [6, 6.07) is 1.19. The average molecular weight is 203 g/mol. The lowest BCUT2D eigenvalue weighted by molar-refractivity contribution is 0.457. The predicted molar refractivity (Wildman–Crippen MR) is 61.9 cm³/mol. The highest BCUT2D eigenvalue weighted by Gasteiger charge is 2.33. The van der Waals surface area contributed by atoms with E-state index in [-0.39, 0.29) is 0 Å². The molecule has 0 aliphatic heterocycles. The lowest BCUT2D eigenvalue weighted by atomic mass is 10.3. The molecule has 0 fully saturated rings. The van der Waals surface area contributed by atoms with Crippen molar-refractivity contribution < 1.29 is 0 Å². The van der Waals surface area contributed by atoms with Gasteiger partial charge < -0.3 is 14.5 Å². The van der Waals surface area contributed by atoms with Crippen molar-refractivity contribution in [1.29, 1.82) is 0 Å². The first-order valence-corrected chi connectivity index (χ1v) is 7.41. The summed E-state index contributed by atoms with van der Waals surface area (Å²) in [5, 5.41) is 0. The SMILES string of the molecule is CCCCN(C)[Si](CC)(NC)NC. The lowest BCUT2D eigenvalue weighted by Gasteiger charge is -2.37. The molecule has 0 unspecified atom stereocenters. The second-order valence-electron chi connectivity index (χ2n) is 3.49. The molecule has 0 amide bonds. The van der Waals surface area contributed by atoms with Gasteiger partial charge in [0.25, 0.3) is 8.56 Å². The van der Waals surface area contributed by atoms with Crippen LogP contribution in [0.2, 0.25) is 6.04 Å². The van der Waals surface area contributed by atoms with Gasteiger partial charge in [0.15, 0.2) is 0 Å². The fourth-order valence-electron chi connectivity index (χ4n) is 1.72. The summed E-state index contributed by atoms with van der Waals surface area (Å²) in [4.78, 5) is 6.95. The van der Waals surface area contributed by atoms with E-state index >= 15 is 0 Å². The molecular formula is C9H25N3Si. The van der Waals surface area contributed by atoms with E-state index in [1.54, 1.807) is 0 Å². The van der Waals surface area contributed by atoms with Gasteiger partial charge in [-0.2, -0.15) is 0 Å². The van der Waals surface area contributed by atoms with E-state index < -0.39 is 8.56 Å². The van der Waals surface area contributed by atoms with E-state index in [1.165, 1.54) is 25.4 Å². The Morgan fingerprint density at radius 3 is 2.00 bits per heavy atom. The first-order chi connectivity index (χ1) is 6.16. The number of hydrogen-bond donors (Lipinski definition) is 2. The fourth-order valence-corrected chi connectivity index (χ4v) is 4.52. The van der Waals surface area contributed by atoms with Gasteiger partial charge in [-0.1, -0.05) is 20.3 Å². The monoisotopic (exact) mass is 203 g/mol. The molecule has 0 aromatic rings. The standard InChI is InChI=1S/C9H25N3Si/c1-6-8-9-12(5)13(7-2,10-3)11-4/h10-11H,6-9H2,1-5H3. The van der Waals surface area contributed by atoms with Crippen LogP contribution in [0.4, 0.5) is 0 Å². The van der Waals surface area contributed by atoms with Crippen LogP contribution >= 0.6 is 0 Å². The summed E-state index contributed by atoms with van der Waals surface area (Å²) in [5.41, 5.74) is 0. The molecule has 0 bridgehead atoms. The summed E-state index contributed by atoms with van der Waals surface area (Å²) in [5.74, 6) is 0. The van der Waals surface area contributed by atoms with E-state index in [9.17, 15) is 0 Å². The van der Waals surface area contributed by atoms with Crippen molar-refractivity contribution in [3.63, 3.8) is 0 Å². The zero-order valence-electron chi connectivity index (χ0n) is 9.78. The van der Waals surface area contributed by atoms with Gasteiger partial charge in [0, 0.05) is 0 Å². The third kappa shape index (κ3) is 3.38. The number of hydrogen-bond acceptors (Lipinski definition) is 3. The van der Waals surface area contributed by atoms with Gasteiger partial charge >= 0.3 is 0 Å². The second-order valence-corrected chi connectivity index (χ2v) is 7.68. The molecule has 0 atom stereocenters. The van der Waals surface area contributed by atoms with Crippen LogP contribution in [-0.4, -0.2) is 40.8 Å². The molecule has 80 valence electrons. The summed E-state index contributed by atoms with van der Waals surface area (Å²) >= 11 is 0. The normalized spacial score (nSPS) is 12.5. The van der Waals surface area contributed by atoms with E-state index in [0.717, 1.165) is 0 Å². The molecule has 13 heavy (non-hydrogen) atoms. The zero-order chi connectivity index (χ0) is 10.3. The Morgan fingerprint density at radius 1 is 1.15 bits per heavy atom. The number of nitrogens with zero attached hydrogens (tertiary/aromatic N) is 1. The van der Waals surface area contributed by atoms with E-state index in [1.807, 2.05) is 0 Å². The highest BCUT2D eigenvalue weighted by molar-refractivity contribution is 6.72. The third-order valence-electron chi connectivity index (χ3n) is 2.84. The lowest BCUT2D eigenvalue weighted by Crippen LogP contribution is -2.70. The van der Waals surface area contributed by atoms with Gasteiger partial charge in [0.2, 0.25) is 0 Å². The van der Waals surface area contributed by atoms with Crippen LogP contribution in [0.15, 0.2) is 0 Å². The molecule has 0 radical (unpaired) electrons. The molecule has 0 rings (SSSR count). The summed E-state index contributed by atoms with van der Waals surface area (Å²) in [7, 11) is 4.82. The quantitative estimate of drug-likeness (QED) is 0.607. The molecule has 4 heteroatoms. The van der Waals surface area contributed by atoms with Gasteiger partial charge in [-0.05, 0) is 40.2 Å². The van der Waals surface area contributed by atoms with Gasteiger partial charge in [0.1, 0.15) is 0 Å². The van der Waals surface area contributed by atoms with Crippen LogP contribution in [0.3, 0.4) is 0 Å². The van der Waals surface area contributed by atoms with Crippen LogP contribution in [-0.2, 0) is 0 Å². The van der Waals surface area contributed by atoms with Crippen LogP contribution in [0.25, 0.3) is 0 Å². The van der Waals surface area contributed by atoms with Crippen molar-refractivity contribution in [2.75, 3.05) is 27.7 Å². The van der Waals surface area contributed by atoms with Gasteiger partial charge in [-0.25, -0.2) is 0 Å². The molecule has 0 aromatic carbocycles. The summed E-state index contributed by atoms with van der Waals surface area (Å²) < 4.78 is 2.48. The Labute approximate surface area is 84.1 Å². The minimum atomic E-state index is -1.52. The molecule has 0 spiro atoms. The number of nitrogens with one attached hydrogen (secondary N) is 2. The molecule has 0 aliphatic rings. The van der Waals surface area contributed by atoms with Crippen LogP contribution in [0.1, 0.15) is 26.7 Å². The first kappa shape index (κ1) is 13.1. The third-order valence-corrected chi connectivity index (χ3v) is 7.04. The Kier molecular flexibility index (Phi) is 6.58. The van der Waals surface area contributed by atoms with Gasteiger partial charge in [0.05, 0.1) is 0 Å². The smallest absolute Gasteiger partial charge is 0.283 e. The summed E-state index contributed by atoms with van der Waals surface area (Å²) in [6.45, 7) is 5.68.